The second-order valence-electron chi connectivity index (χ2n) is 4.11. The average Bonchev–Trinajstić information content (AvgIpc) is 2.93. The van der Waals surface area contributed by atoms with Crippen molar-refractivity contribution < 1.29 is 0 Å². The third-order valence-corrected chi connectivity index (χ3v) is 3.56. The Kier molecular flexibility index (Phi) is 3.28. The van der Waals surface area contributed by atoms with E-state index in [1.54, 1.807) is 6.07 Å². The normalized spacial score (nSPS) is 10.6. The van der Waals surface area contributed by atoms with E-state index in [0.717, 1.165) is 16.9 Å². The summed E-state index contributed by atoms with van der Waals surface area (Å²) in [4.78, 5) is 0. The molecule has 94 valence electrons. The predicted octanol–water partition coefficient (Wildman–Crippen LogP) is 4.85. The lowest BCUT2D eigenvalue weighted by molar-refractivity contribution is 0.884. The van der Waals surface area contributed by atoms with Crippen molar-refractivity contribution in [2.45, 2.75) is 0 Å². The zero-order valence-electron chi connectivity index (χ0n) is 9.92. The lowest BCUT2D eigenvalue weighted by Crippen LogP contribution is -1.94. The number of halogens is 2. The summed E-state index contributed by atoms with van der Waals surface area (Å²) < 4.78 is 1.83. The second kappa shape index (κ2) is 5.08. The molecule has 4 heteroatoms. The molecular weight excluding hydrogens is 279 g/mol. The molecule has 0 fully saturated rings. The Morgan fingerprint density at radius 3 is 2.37 bits per heavy atom. The third kappa shape index (κ3) is 2.50. The zero-order valence-corrected chi connectivity index (χ0v) is 11.4. The van der Waals surface area contributed by atoms with E-state index in [-0.39, 0.29) is 0 Å². The van der Waals surface area contributed by atoms with Gasteiger partial charge in [0.2, 0.25) is 0 Å². The number of aromatic nitrogens is 2. The molecule has 0 unspecified atom stereocenters. The van der Waals surface area contributed by atoms with Gasteiger partial charge in [-0.1, -0.05) is 47.5 Å². The standard InChI is InChI=1S/C15H10Cl2N2/c16-13-7-6-11(10-14(13)17)15-8-9-19(18-15)12-4-2-1-3-5-12/h1-10H. The molecule has 0 amide bonds. The van der Waals surface area contributed by atoms with Crippen molar-refractivity contribution in [2.24, 2.45) is 0 Å². The Morgan fingerprint density at radius 2 is 1.63 bits per heavy atom. The van der Waals surface area contributed by atoms with E-state index < -0.39 is 0 Å². The van der Waals surface area contributed by atoms with Gasteiger partial charge in [-0.2, -0.15) is 5.10 Å². The second-order valence-corrected chi connectivity index (χ2v) is 4.92. The molecule has 3 rings (SSSR count). The van der Waals surface area contributed by atoms with E-state index in [1.165, 1.54) is 0 Å². The summed E-state index contributed by atoms with van der Waals surface area (Å²) in [7, 11) is 0. The maximum atomic E-state index is 6.02. The minimum atomic E-state index is 0.536. The van der Waals surface area contributed by atoms with Gasteiger partial charge in [0.1, 0.15) is 0 Å². The molecule has 0 saturated carbocycles. The number of benzene rings is 2. The van der Waals surface area contributed by atoms with Crippen LogP contribution in [0.4, 0.5) is 0 Å². The summed E-state index contributed by atoms with van der Waals surface area (Å²) in [6, 6.07) is 17.4. The quantitative estimate of drug-likeness (QED) is 0.659. The highest BCUT2D eigenvalue weighted by molar-refractivity contribution is 6.42. The molecule has 19 heavy (non-hydrogen) atoms. The van der Waals surface area contributed by atoms with E-state index in [4.69, 9.17) is 23.2 Å². The van der Waals surface area contributed by atoms with Gasteiger partial charge in [-0.25, -0.2) is 4.68 Å². The van der Waals surface area contributed by atoms with Gasteiger partial charge >= 0.3 is 0 Å². The molecule has 0 aliphatic heterocycles. The summed E-state index contributed by atoms with van der Waals surface area (Å²) in [6.45, 7) is 0. The maximum Gasteiger partial charge on any atom is 0.0928 e. The van der Waals surface area contributed by atoms with Crippen molar-refractivity contribution in [3.05, 3.63) is 70.8 Å². The molecule has 3 aromatic rings. The van der Waals surface area contributed by atoms with Crippen LogP contribution < -0.4 is 0 Å². The molecule has 0 radical (unpaired) electrons. The number of rotatable bonds is 2. The van der Waals surface area contributed by atoms with E-state index in [1.807, 2.05) is 59.4 Å². The fraction of sp³-hybridized carbons (Fsp3) is 0. The summed E-state index contributed by atoms with van der Waals surface area (Å²) in [5, 5.41) is 5.62. The average molecular weight is 289 g/mol. The van der Waals surface area contributed by atoms with E-state index in [9.17, 15) is 0 Å². The monoisotopic (exact) mass is 288 g/mol. The molecule has 0 spiro atoms. The van der Waals surface area contributed by atoms with Gasteiger partial charge in [0.25, 0.3) is 0 Å². The maximum absolute atomic E-state index is 6.02. The van der Waals surface area contributed by atoms with Crippen LogP contribution in [-0.2, 0) is 0 Å². The van der Waals surface area contributed by atoms with Crippen molar-refractivity contribution in [2.75, 3.05) is 0 Å². The third-order valence-electron chi connectivity index (χ3n) is 2.83. The first kappa shape index (κ1) is 12.3. The first-order chi connectivity index (χ1) is 9.24. The number of hydrogen-bond acceptors (Lipinski definition) is 1. The molecule has 0 saturated heterocycles. The van der Waals surface area contributed by atoms with Crippen LogP contribution in [0.15, 0.2) is 60.8 Å². The van der Waals surface area contributed by atoms with Gasteiger partial charge in [0.05, 0.1) is 21.4 Å². The molecule has 2 aromatic carbocycles. The van der Waals surface area contributed by atoms with Crippen molar-refractivity contribution in [1.82, 2.24) is 9.78 Å². The Morgan fingerprint density at radius 1 is 0.842 bits per heavy atom. The highest BCUT2D eigenvalue weighted by Gasteiger charge is 2.06. The Hall–Kier alpha value is -1.77. The van der Waals surface area contributed by atoms with E-state index in [0.29, 0.717) is 10.0 Å². The Bertz CT molecular complexity index is 705. The SMILES string of the molecule is Clc1ccc(-c2ccn(-c3ccccc3)n2)cc1Cl. The van der Waals surface area contributed by atoms with Crippen LogP contribution >= 0.6 is 23.2 Å². The van der Waals surface area contributed by atoms with Gasteiger partial charge in [-0.05, 0) is 30.3 Å². The molecule has 2 nitrogen and oxygen atoms in total. The van der Waals surface area contributed by atoms with Crippen LogP contribution in [0.1, 0.15) is 0 Å². The molecule has 1 heterocycles. The molecule has 0 N–H and O–H groups in total. The molecule has 0 aliphatic rings. The highest BCUT2D eigenvalue weighted by atomic mass is 35.5. The van der Waals surface area contributed by atoms with Gasteiger partial charge in [-0.3, -0.25) is 0 Å². The first-order valence-electron chi connectivity index (χ1n) is 5.80. The summed E-state index contributed by atoms with van der Waals surface area (Å²) in [5.41, 5.74) is 2.83. The Labute approximate surface area is 121 Å². The molecule has 1 aromatic heterocycles. The first-order valence-corrected chi connectivity index (χ1v) is 6.56. The lowest BCUT2D eigenvalue weighted by atomic mass is 10.2. The minimum Gasteiger partial charge on any atom is -0.240 e. The van der Waals surface area contributed by atoms with Gasteiger partial charge < -0.3 is 0 Å². The van der Waals surface area contributed by atoms with Crippen molar-refractivity contribution in [3.63, 3.8) is 0 Å². The van der Waals surface area contributed by atoms with Gasteiger partial charge in [0, 0.05) is 11.8 Å². The molecule has 0 atom stereocenters. The smallest absolute Gasteiger partial charge is 0.0928 e. The number of para-hydroxylation sites is 1. The summed E-state index contributed by atoms with van der Waals surface area (Å²) in [6.07, 6.45) is 1.92. The molecule has 0 aliphatic carbocycles. The Balaban J connectivity index is 1.99. The van der Waals surface area contributed by atoms with E-state index >= 15 is 0 Å². The van der Waals surface area contributed by atoms with Crippen molar-refractivity contribution in [1.29, 1.82) is 0 Å². The summed E-state index contributed by atoms with van der Waals surface area (Å²) >= 11 is 11.9. The van der Waals surface area contributed by atoms with Crippen LogP contribution in [-0.4, -0.2) is 9.78 Å². The fourth-order valence-electron chi connectivity index (χ4n) is 1.86. The molecule has 0 bridgehead atoms. The van der Waals surface area contributed by atoms with Crippen LogP contribution in [0.25, 0.3) is 16.9 Å². The van der Waals surface area contributed by atoms with Crippen LogP contribution in [0, 0.1) is 0 Å². The van der Waals surface area contributed by atoms with Gasteiger partial charge in [-0.15, -0.1) is 0 Å². The fourth-order valence-corrected chi connectivity index (χ4v) is 2.16. The van der Waals surface area contributed by atoms with E-state index in [2.05, 4.69) is 5.10 Å². The predicted molar refractivity (Wildman–Crippen MR) is 79.0 cm³/mol. The summed E-state index contributed by atoms with van der Waals surface area (Å²) in [5.74, 6) is 0. The minimum absolute atomic E-state index is 0.536. The lowest BCUT2D eigenvalue weighted by Gasteiger charge is -2.01. The largest absolute Gasteiger partial charge is 0.240 e. The number of hydrogen-bond donors (Lipinski definition) is 0. The highest BCUT2D eigenvalue weighted by Crippen LogP contribution is 2.27. The molecular formula is C15H10Cl2N2. The van der Waals surface area contributed by atoms with Crippen LogP contribution in [0.3, 0.4) is 0 Å². The topological polar surface area (TPSA) is 17.8 Å². The van der Waals surface area contributed by atoms with Crippen LogP contribution in [0.2, 0.25) is 10.0 Å². The van der Waals surface area contributed by atoms with Gasteiger partial charge in [0.15, 0.2) is 0 Å². The van der Waals surface area contributed by atoms with Crippen molar-refractivity contribution in [3.8, 4) is 16.9 Å². The van der Waals surface area contributed by atoms with Crippen molar-refractivity contribution >= 4 is 23.2 Å². The zero-order chi connectivity index (χ0) is 13.2. The van der Waals surface area contributed by atoms with Crippen LogP contribution in [0.5, 0.6) is 0 Å². The number of nitrogens with zero attached hydrogens (tertiary/aromatic N) is 2.